The van der Waals surface area contributed by atoms with Gasteiger partial charge in [0.25, 0.3) is 0 Å². The number of ether oxygens (including phenoxy) is 1. The molecule has 1 amide bonds. The van der Waals surface area contributed by atoms with Crippen molar-refractivity contribution in [3.63, 3.8) is 0 Å². The van der Waals surface area contributed by atoms with Gasteiger partial charge in [-0.15, -0.1) is 0 Å². The SMILES string of the molecule is CCOCC(=O)Nc1c[c]ccc1. The number of hydrogen-bond donors (Lipinski definition) is 1. The molecule has 0 heterocycles. The maximum atomic E-state index is 11.1. The molecule has 0 saturated heterocycles. The Labute approximate surface area is 77.7 Å². The first-order chi connectivity index (χ1) is 6.33. The van der Waals surface area contributed by atoms with Crippen LogP contribution in [0.4, 0.5) is 5.69 Å². The minimum Gasteiger partial charge on any atom is -0.372 e. The molecule has 1 N–H and O–H groups in total. The molecule has 0 saturated carbocycles. The summed E-state index contributed by atoms with van der Waals surface area (Å²) < 4.78 is 4.95. The third kappa shape index (κ3) is 3.71. The van der Waals surface area contributed by atoms with E-state index in [1.165, 1.54) is 0 Å². The van der Waals surface area contributed by atoms with E-state index in [2.05, 4.69) is 11.4 Å². The van der Waals surface area contributed by atoms with Crippen LogP contribution in [-0.4, -0.2) is 19.1 Å². The summed E-state index contributed by atoms with van der Waals surface area (Å²) in [6.07, 6.45) is 0. The Morgan fingerprint density at radius 1 is 1.69 bits per heavy atom. The van der Waals surface area contributed by atoms with Crippen LogP contribution in [0.2, 0.25) is 0 Å². The Morgan fingerprint density at radius 2 is 2.54 bits per heavy atom. The van der Waals surface area contributed by atoms with Gasteiger partial charge in [-0.05, 0) is 25.1 Å². The Morgan fingerprint density at radius 3 is 3.15 bits per heavy atom. The standard InChI is InChI=1S/C10H12NO2/c1-2-13-8-10(12)11-9-6-4-3-5-7-9/h3-4,6-7H,2,8H2,1H3,(H,11,12). The van der Waals surface area contributed by atoms with Gasteiger partial charge in [0.1, 0.15) is 6.61 Å². The maximum absolute atomic E-state index is 11.1. The average molecular weight is 178 g/mol. The van der Waals surface area contributed by atoms with Crippen molar-refractivity contribution in [2.75, 3.05) is 18.5 Å². The van der Waals surface area contributed by atoms with E-state index in [1.807, 2.05) is 13.0 Å². The summed E-state index contributed by atoms with van der Waals surface area (Å²) in [5, 5.41) is 2.68. The fourth-order valence-electron chi connectivity index (χ4n) is 0.863. The molecule has 0 aliphatic carbocycles. The normalized spacial score (nSPS) is 9.62. The number of anilines is 1. The molecule has 3 heteroatoms. The van der Waals surface area contributed by atoms with Gasteiger partial charge in [-0.25, -0.2) is 0 Å². The van der Waals surface area contributed by atoms with Crippen LogP contribution in [-0.2, 0) is 9.53 Å². The van der Waals surface area contributed by atoms with Crippen LogP contribution in [0.25, 0.3) is 0 Å². The summed E-state index contributed by atoms with van der Waals surface area (Å²) in [6.45, 7) is 2.50. The van der Waals surface area contributed by atoms with Crippen LogP contribution >= 0.6 is 0 Å². The molecule has 0 bridgehead atoms. The number of nitrogens with one attached hydrogen (secondary N) is 1. The molecular formula is C10H12NO2. The molecule has 1 aromatic carbocycles. The van der Waals surface area contributed by atoms with Gasteiger partial charge in [-0.3, -0.25) is 4.79 Å². The van der Waals surface area contributed by atoms with Crippen molar-refractivity contribution in [2.45, 2.75) is 6.92 Å². The molecule has 1 aromatic rings. The van der Waals surface area contributed by atoms with E-state index in [0.717, 1.165) is 5.69 Å². The van der Waals surface area contributed by atoms with Crippen molar-refractivity contribution < 1.29 is 9.53 Å². The highest BCUT2D eigenvalue weighted by Crippen LogP contribution is 2.03. The first kappa shape index (κ1) is 9.74. The quantitative estimate of drug-likeness (QED) is 0.758. The lowest BCUT2D eigenvalue weighted by Gasteiger charge is -2.03. The minimum absolute atomic E-state index is 0.103. The van der Waals surface area contributed by atoms with E-state index in [4.69, 9.17) is 4.74 Å². The molecule has 1 radical (unpaired) electrons. The predicted molar refractivity (Wildman–Crippen MR) is 50.4 cm³/mol. The van der Waals surface area contributed by atoms with E-state index in [9.17, 15) is 4.79 Å². The van der Waals surface area contributed by atoms with Crippen LogP contribution in [0.3, 0.4) is 0 Å². The van der Waals surface area contributed by atoms with Crippen LogP contribution < -0.4 is 5.32 Å². The lowest BCUT2D eigenvalue weighted by atomic mass is 10.3. The lowest BCUT2D eigenvalue weighted by molar-refractivity contribution is -0.120. The van der Waals surface area contributed by atoms with Crippen LogP contribution in [0.1, 0.15) is 6.92 Å². The van der Waals surface area contributed by atoms with Crippen LogP contribution in [0, 0.1) is 6.07 Å². The summed E-state index contributed by atoms with van der Waals surface area (Å²) in [7, 11) is 0. The van der Waals surface area contributed by atoms with Gasteiger partial charge < -0.3 is 10.1 Å². The molecule has 0 aliphatic rings. The first-order valence-corrected chi connectivity index (χ1v) is 4.16. The zero-order valence-electron chi connectivity index (χ0n) is 7.54. The van der Waals surface area contributed by atoms with Crippen molar-refractivity contribution in [1.82, 2.24) is 0 Å². The zero-order chi connectivity index (χ0) is 9.52. The molecule has 1 rings (SSSR count). The topological polar surface area (TPSA) is 38.3 Å². The largest absolute Gasteiger partial charge is 0.372 e. The van der Waals surface area contributed by atoms with Gasteiger partial charge >= 0.3 is 0 Å². The Balaban J connectivity index is 2.37. The summed E-state index contributed by atoms with van der Waals surface area (Å²) in [5.41, 5.74) is 0.743. The van der Waals surface area contributed by atoms with E-state index in [-0.39, 0.29) is 12.5 Å². The Kier molecular flexibility index (Phi) is 3.99. The summed E-state index contributed by atoms with van der Waals surface area (Å²) >= 11 is 0. The highest BCUT2D eigenvalue weighted by molar-refractivity contribution is 5.91. The van der Waals surface area contributed by atoms with Crippen molar-refractivity contribution in [1.29, 1.82) is 0 Å². The van der Waals surface area contributed by atoms with Crippen molar-refractivity contribution >= 4 is 11.6 Å². The molecule has 0 aliphatic heterocycles. The van der Waals surface area contributed by atoms with Gasteiger partial charge in [0.2, 0.25) is 5.91 Å². The summed E-state index contributed by atoms with van der Waals surface area (Å²) in [5.74, 6) is -0.138. The van der Waals surface area contributed by atoms with Gasteiger partial charge in [-0.1, -0.05) is 12.1 Å². The number of carbonyl (C=O) groups is 1. The van der Waals surface area contributed by atoms with Gasteiger partial charge in [0, 0.05) is 12.3 Å². The van der Waals surface area contributed by atoms with Crippen LogP contribution in [0.5, 0.6) is 0 Å². The fourth-order valence-corrected chi connectivity index (χ4v) is 0.863. The van der Waals surface area contributed by atoms with Gasteiger partial charge in [0.15, 0.2) is 0 Å². The molecule has 0 spiro atoms. The molecule has 0 atom stereocenters. The van der Waals surface area contributed by atoms with Crippen LogP contribution in [0.15, 0.2) is 24.3 Å². The van der Waals surface area contributed by atoms with E-state index >= 15 is 0 Å². The second-order valence-corrected chi connectivity index (χ2v) is 2.48. The number of carbonyl (C=O) groups excluding carboxylic acids is 1. The highest BCUT2D eigenvalue weighted by atomic mass is 16.5. The molecule has 3 nitrogen and oxygen atoms in total. The lowest BCUT2D eigenvalue weighted by Crippen LogP contribution is -2.17. The Hall–Kier alpha value is -1.35. The third-order valence-electron chi connectivity index (χ3n) is 1.43. The van der Waals surface area contributed by atoms with E-state index in [0.29, 0.717) is 6.61 Å². The minimum atomic E-state index is -0.138. The fraction of sp³-hybridized carbons (Fsp3) is 0.300. The predicted octanol–water partition coefficient (Wildman–Crippen LogP) is 1.46. The molecule has 0 unspecified atom stereocenters. The van der Waals surface area contributed by atoms with Gasteiger partial charge in [-0.2, -0.15) is 0 Å². The number of amides is 1. The first-order valence-electron chi connectivity index (χ1n) is 4.16. The Bertz CT molecular complexity index is 259. The smallest absolute Gasteiger partial charge is 0.250 e. The van der Waals surface area contributed by atoms with Crippen molar-refractivity contribution in [2.24, 2.45) is 0 Å². The monoisotopic (exact) mass is 178 g/mol. The molecule has 0 aromatic heterocycles. The summed E-state index contributed by atoms with van der Waals surface area (Å²) in [6, 6.07) is 9.98. The molecular weight excluding hydrogens is 166 g/mol. The molecule has 0 fully saturated rings. The van der Waals surface area contributed by atoms with Crippen molar-refractivity contribution in [3.05, 3.63) is 30.3 Å². The van der Waals surface area contributed by atoms with Crippen molar-refractivity contribution in [3.8, 4) is 0 Å². The van der Waals surface area contributed by atoms with E-state index in [1.54, 1.807) is 18.2 Å². The van der Waals surface area contributed by atoms with E-state index < -0.39 is 0 Å². The number of rotatable bonds is 4. The second-order valence-electron chi connectivity index (χ2n) is 2.48. The third-order valence-corrected chi connectivity index (χ3v) is 1.43. The molecule has 69 valence electrons. The average Bonchev–Trinajstić information content (AvgIpc) is 2.16. The second kappa shape index (κ2) is 5.32. The maximum Gasteiger partial charge on any atom is 0.250 e. The number of hydrogen-bond acceptors (Lipinski definition) is 2. The molecule has 13 heavy (non-hydrogen) atoms. The van der Waals surface area contributed by atoms with Gasteiger partial charge in [0.05, 0.1) is 0 Å². The number of benzene rings is 1. The highest BCUT2D eigenvalue weighted by Gasteiger charge is 1.99. The summed E-state index contributed by atoms with van der Waals surface area (Å²) in [4.78, 5) is 11.1. The zero-order valence-corrected chi connectivity index (χ0v) is 7.54.